The highest BCUT2D eigenvalue weighted by Crippen LogP contribution is 2.29. The monoisotopic (exact) mass is 301 g/mol. The van der Waals surface area contributed by atoms with Crippen LogP contribution >= 0.6 is 15.9 Å². The van der Waals surface area contributed by atoms with Crippen molar-refractivity contribution in [2.24, 2.45) is 0 Å². The standard InChI is InChI=1S/C13H17BrFNO/c1-17-8-11-12(14)5-10(6-13(11)15)9-3-2-4-16-7-9/h5-6,9,16H,2-4,7-8H2,1H3. The van der Waals surface area contributed by atoms with E-state index in [2.05, 4.69) is 21.2 Å². The fourth-order valence-corrected chi connectivity index (χ4v) is 2.85. The molecule has 0 amide bonds. The number of rotatable bonds is 3. The number of ether oxygens (including phenoxy) is 1. The molecule has 1 N–H and O–H groups in total. The zero-order chi connectivity index (χ0) is 12.3. The normalized spacial score (nSPS) is 20.5. The summed E-state index contributed by atoms with van der Waals surface area (Å²) < 4.78 is 19.7. The average Bonchev–Trinajstić information content (AvgIpc) is 2.35. The summed E-state index contributed by atoms with van der Waals surface area (Å²) in [6.45, 7) is 2.31. The molecule has 4 heteroatoms. The fourth-order valence-electron chi connectivity index (χ4n) is 2.28. The third-order valence-electron chi connectivity index (χ3n) is 3.22. The van der Waals surface area contributed by atoms with Crippen LogP contribution in [0.3, 0.4) is 0 Å². The van der Waals surface area contributed by atoms with E-state index in [0.29, 0.717) is 18.1 Å². The van der Waals surface area contributed by atoms with Crippen molar-refractivity contribution in [3.63, 3.8) is 0 Å². The molecule has 1 saturated heterocycles. The third-order valence-corrected chi connectivity index (χ3v) is 3.93. The zero-order valence-corrected chi connectivity index (χ0v) is 11.5. The lowest BCUT2D eigenvalue weighted by Crippen LogP contribution is -2.28. The lowest BCUT2D eigenvalue weighted by atomic mass is 9.91. The molecule has 1 aromatic carbocycles. The Labute approximate surface area is 110 Å². The van der Waals surface area contributed by atoms with E-state index in [1.165, 1.54) is 0 Å². The van der Waals surface area contributed by atoms with E-state index < -0.39 is 0 Å². The maximum Gasteiger partial charge on any atom is 0.130 e. The Balaban J connectivity index is 2.24. The Morgan fingerprint density at radius 1 is 1.53 bits per heavy atom. The maximum absolute atomic E-state index is 13.9. The Morgan fingerprint density at radius 3 is 2.94 bits per heavy atom. The van der Waals surface area contributed by atoms with Crippen molar-refractivity contribution in [1.29, 1.82) is 0 Å². The smallest absolute Gasteiger partial charge is 0.130 e. The van der Waals surface area contributed by atoms with Gasteiger partial charge in [-0.3, -0.25) is 0 Å². The number of piperidine rings is 1. The number of nitrogens with one attached hydrogen (secondary N) is 1. The molecule has 1 aromatic rings. The third kappa shape index (κ3) is 3.06. The molecule has 0 saturated carbocycles. The Kier molecular flexibility index (Phi) is 4.54. The molecule has 0 radical (unpaired) electrons. The van der Waals surface area contributed by atoms with E-state index >= 15 is 0 Å². The van der Waals surface area contributed by atoms with Gasteiger partial charge in [-0.1, -0.05) is 15.9 Å². The second-order valence-electron chi connectivity index (χ2n) is 4.44. The first-order chi connectivity index (χ1) is 8.22. The van der Waals surface area contributed by atoms with Gasteiger partial charge in [-0.2, -0.15) is 0 Å². The van der Waals surface area contributed by atoms with Gasteiger partial charge in [-0.15, -0.1) is 0 Å². The van der Waals surface area contributed by atoms with Gasteiger partial charge in [0.25, 0.3) is 0 Å². The van der Waals surface area contributed by atoms with Gasteiger partial charge in [0.2, 0.25) is 0 Å². The highest BCUT2D eigenvalue weighted by molar-refractivity contribution is 9.10. The quantitative estimate of drug-likeness (QED) is 0.926. The molecular weight excluding hydrogens is 285 g/mol. The van der Waals surface area contributed by atoms with Crippen LogP contribution < -0.4 is 5.32 Å². The SMILES string of the molecule is COCc1c(F)cc(C2CCCNC2)cc1Br. The fraction of sp³-hybridized carbons (Fsp3) is 0.538. The second-order valence-corrected chi connectivity index (χ2v) is 5.29. The average molecular weight is 302 g/mol. The lowest BCUT2D eigenvalue weighted by molar-refractivity contribution is 0.181. The van der Waals surface area contributed by atoms with Crippen LogP contribution in [0, 0.1) is 5.82 Å². The van der Waals surface area contributed by atoms with Gasteiger partial charge < -0.3 is 10.1 Å². The number of methoxy groups -OCH3 is 1. The Morgan fingerprint density at radius 2 is 2.35 bits per heavy atom. The largest absolute Gasteiger partial charge is 0.380 e. The molecule has 0 aliphatic carbocycles. The van der Waals surface area contributed by atoms with E-state index in [0.717, 1.165) is 36.0 Å². The van der Waals surface area contributed by atoms with Crippen LogP contribution in [-0.2, 0) is 11.3 Å². The minimum atomic E-state index is -0.179. The van der Waals surface area contributed by atoms with Crippen LogP contribution in [0.1, 0.15) is 29.9 Å². The van der Waals surface area contributed by atoms with Crippen molar-refractivity contribution in [1.82, 2.24) is 5.32 Å². The summed E-state index contributed by atoms with van der Waals surface area (Å²) in [6, 6.07) is 3.67. The number of benzene rings is 1. The topological polar surface area (TPSA) is 21.3 Å². The van der Waals surface area contributed by atoms with Gasteiger partial charge in [-0.05, 0) is 43.0 Å². The van der Waals surface area contributed by atoms with Gasteiger partial charge in [0.1, 0.15) is 5.82 Å². The molecule has 1 atom stereocenters. The first-order valence-corrected chi connectivity index (χ1v) is 6.69. The summed E-state index contributed by atoms with van der Waals surface area (Å²) in [7, 11) is 1.57. The summed E-state index contributed by atoms with van der Waals surface area (Å²) in [5, 5.41) is 3.35. The van der Waals surface area contributed by atoms with Gasteiger partial charge >= 0.3 is 0 Å². The number of hydrogen-bond donors (Lipinski definition) is 1. The molecule has 1 unspecified atom stereocenters. The molecule has 2 nitrogen and oxygen atoms in total. The first kappa shape index (κ1) is 13.0. The van der Waals surface area contributed by atoms with Crippen molar-refractivity contribution in [3.05, 3.63) is 33.5 Å². The molecule has 1 aliphatic rings. The van der Waals surface area contributed by atoms with Crippen LogP contribution in [0.2, 0.25) is 0 Å². The van der Waals surface area contributed by atoms with Gasteiger partial charge in [-0.25, -0.2) is 4.39 Å². The van der Waals surface area contributed by atoms with Crippen molar-refractivity contribution in [2.45, 2.75) is 25.4 Å². The zero-order valence-electron chi connectivity index (χ0n) is 9.93. The van der Waals surface area contributed by atoms with Crippen molar-refractivity contribution in [3.8, 4) is 0 Å². The molecule has 0 bridgehead atoms. The summed E-state index contributed by atoms with van der Waals surface area (Å²) in [5.74, 6) is 0.243. The minimum absolute atomic E-state index is 0.179. The molecule has 0 aromatic heterocycles. The molecule has 2 rings (SSSR count). The molecule has 0 spiro atoms. The summed E-state index contributed by atoms with van der Waals surface area (Å²) in [4.78, 5) is 0. The lowest BCUT2D eigenvalue weighted by Gasteiger charge is -2.23. The number of hydrogen-bond acceptors (Lipinski definition) is 2. The Hall–Kier alpha value is -0.450. The van der Waals surface area contributed by atoms with Crippen molar-refractivity contribution in [2.75, 3.05) is 20.2 Å². The summed E-state index contributed by atoms with van der Waals surface area (Å²) in [5.41, 5.74) is 1.67. The molecule has 94 valence electrons. The van der Waals surface area contributed by atoms with Crippen molar-refractivity contribution >= 4 is 15.9 Å². The molecule has 1 aliphatic heterocycles. The predicted octanol–water partition coefficient (Wildman–Crippen LogP) is 3.20. The van der Waals surface area contributed by atoms with Crippen LogP contribution in [-0.4, -0.2) is 20.2 Å². The molecule has 1 fully saturated rings. The first-order valence-electron chi connectivity index (χ1n) is 5.90. The molecule has 1 heterocycles. The van der Waals surface area contributed by atoms with Crippen LogP contribution in [0.15, 0.2) is 16.6 Å². The van der Waals surface area contributed by atoms with Crippen molar-refractivity contribution < 1.29 is 9.13 Å². The van der Waals surface area contributed by atoms with E-state index in [9.17, 15) is 4.39 Å². The van der Waals surface area contributed by atoms with Crippen LogP contribution in [0.4, 0.5) is 4.39 Å². The van der Waals surface area contributed by atoms with Crippen LogP contribution in [0.25, 0.3) is 0 Å². The minimum Gasteiger partial charge on any atom is -0.380 e. The van der Waals surface area contributed by atoms with E-state index in [4.69, 9.17) is 4.74 Å². The Bertz CT molecular complexity index is 368. The highest BCUT2D eigenvalue weighted by Gasteiger charge is 2.18. The van der Waals surface area contributed by atoms with E-state index in [-0.39, 0.29) is 5.82 Å². The molecule has 17 heavy (non-hydrogen) atoms. The van der Waals surface area contributed by atoms with Gasteiger partial charge in [0.05, 0.1) is 6.61 Å². The van der Waals surface area contributed by atoms with Gasteiger partial charge in [0, 0.05) is 23.7 Å². The van der Waals surface area contributed by atoms with Gasteiger partial charge in [0.15, 0.2) is 0 Å². The highest BCUT2D eigenvalue weighted by atomic mass is 79.9. The molecular formula is C13H17BrFNO. The number of halogens is 2. The summed E-state index contributed by atoms with van der Waals surface area (Å²) in [6.07, 6.45) is 2.28. The summed E-state index contributed by atoms with van der Waals surface area (Å²) >= 11 is 3.43. The predicted molar refractivity (Wildman–Crippen MR) is 69.7 cm³/mol. The van der Waals surface area contributed by atoms with Crippen LogP contribution in [0.5, 0.6) is 0 Å². The van der Waals surface area contributed by atoms with E-state index in [1.807, 2.05) is 6.07 Å². The second kappa shape index (κ2) is 5.94. The van der Waals surface area contributed by atoms with E-state index in [1.54, 1.807) is 13.2 Å². The maximum atomic E-state index is 13.9.